The molecule has 3 nitrogen and oxygen atoms in total. The van der Waals surface area contributed by atoms with Crippen LogP contribution in [-0.4, -0.2) is 23.5 Å². The number of aryl methyl sites for hydroxylation is 2. The van der Waals surface area contributed by atoms with Gasteiger partial charge in [0, 0.05) is 10.6 Å². The third-order valence-electron chi connectivity index (χ3n) is 3.44. The fraction of sp³-hybridized carbons (Fsp3) is 0.389. The molecule has 1 heterocycles. The monoisotopic (exact) mass is 349 g/mol. The lowest BCUT2D eigenvalue weighted by atomic mass is 10.1. The molecule has 0 spiro atoms. The second kappa shape index (κ2) is 8.99. The van der Waals surface area contributed by atoms with Crippen molar-refractivity contribution in [3.8, 4) is 5.75 Å². The van der Waals surface area contributed by atoms with Crippen LogP contribution in [0.2, 0.25) is 0 Å². The second-order valence-electron chi connectivity index (χ2n) is 5.43. The Balaban J connectivity index is 1.66. The summed E-state index contributed by atoms with van der Waals surface area (Å²) in [4.78, 5) is 13.2. The smallest absolute Gasteiger partial charge is 0.233 e. The van der Waals surface area contributed by atoms with Crippen molar-refractivity contribution >= 4 is 29.0 Å². The van der Waals surface area contributed by atoms with Crippen LogP contribution in [0.3, 0.4) is 0 Å². The first-order valence-corrected chi connectivity index (χ1v) is 9.61. The van der Waals surface area contributed by atoms with Crippen LogP contribution in [0.4, 0.5) is 0 Å². The van der Waals surface area contributed by atoms with Gasteiger partial charge in [-0.15, -0.1) is 23.1 Å². The minimum Gasteiger partial charge on any atom is -0.492 e. The second-order valence-corrected chi connectivity index (χ2v) is 7.91. The number of carbonyl (C=O) groups is 1. The van der Waals surface area contributed by atoms with Gasteiger partial charge < -0.3 is 10.1 Å². The van der Waals surface area contributed by atoms with Crippen LogP contribution in [0.1, 0.15) is 22.9 Å². The molecule has 1 amide bonds. The summed E-state index contributed by atoms with van der Waals surface area (Å²) < 4.78 is 5.82. The van der Waals surface area contributed by atoms with E-state index in [2.05, 4.69) is 30.4 Å². The Morgan fingerprint density at radius 2 is 2.17 bits per heavy atom. The van der Waals surface area contributed by atoms with Crippen molar-refractivity contribution in [3.63, 3.8) is 0 Å². The fourth-order valence-electron chi connectivity index (χ4n) is 2.05. The summed E-state index contributed by atoms with van der Waals surface area (Å²) in [7, 11) is 0. The molecule has 2 aromatic rings. The lowest BCUT2D eigenvalue weighted by Gasteiger charge is -2.13. The largest absolute Gasteiger partial charge is 0.492 e. The average Bonchev–Trinajstić information content (AvgIpc) is 3.05. The first-order chi connectivity index (χ1) is 11.1. The summed E-state index contributed by atoms with van der Waals surface area (Å²) in [5.74, 6) is 1.80. The molecule has 0 bridgehead atoms. The predicted octanol–water partition coefficient (Wildman–Crippen LogP) is 4.18. The number of nitrogens with one attached hydrogen (secondary N) is 1. The molecule has 0 radical (unpaired) electrons. The molecule has 1 N–H and O–H groups in total. The Morgan fingerprint density at radius 1 is 1.35 bits per heavy atom. The molecule has 1 unspecified atom stereocenters. The van der Waals surface area contributed by atoms with Gasteiger partial charge in [0.05, 0.1) is 18.4 Å². The van der Waals surface area contributed by atoms with Gasteiger partial charge in [0.25, 0.3) is 0 Å². The van der Waals surface area contributed by atoms with E-state index in [-0.39, 0.29) is 11.2 Å². The van der Waals surface area contributed by atoms with Crippen molar-refractivity contribution in [2.45, 2.75) is 32.6 Å². The third kappa shape index (κ3) is 5.92. The lowest BCUT2D eigenvalue weighted by molar-refractivity contribution is -0.120. The molecule has 0 aliphatic heterocycles. The van der Waals surface area contributed by atoms with Crippen molar-refractivity contribution in [2.75, 3.05) is 12.4 Å². The van der Waals surface area contributed by atoms with Crippen LogP contribution >= 0.6 is 23.1 Å². The van der Waals surface area contributed by atoms with Gasteiger partial charge in [-0.05, 0) is 49.4 Å². The van der Waals surface area contributed by atoms with Crippen LogP contribution in [0, 0.1) is 13.8 Å². The highest BCUT2D eigenvalue weighted by Crippen LogP contribution is 2.20. The summed E-state index contributed by atoms with van der Waals surface area (Å²) in [6.07, 6.45) is 0. The van der Waals surface area contributed by atoms with Crippen LogP contribution in [0.5, 0.6) is 5.75 Å². The first-order valence-electron chi connectivity index (χ1n) is 7.68. The summed E-state index contributed by atoms with van der Waals surface area (Å²) in [6, 6.07) is 10.2. The van der Waals surface area contributed by atoms with Gasteiger partial charge in [-0.2, -0.15) is 0 Å². The molecule has 5 heteroatoms. The van der Waals surface area contributed by atoms with E-state index >= 15 is 0 Å². The average molecular weight is 350 g/mol. The third-order valence-corrected chi connectivity index (χ3v) is 5.43. The van der Waals surface area contributed by atoms with Gasteiger partial charge in [-0.1, -0.05) is 18.2 Å². The van der Waals surface area contributed by atoms with Gasteiger partial charge in [0.1, 0.15) is 5.75 Å². The van der Waals surface area contributed by atoms with E-state index in [0.717, 1.165) is 17.1 Å². The van der Waals surface area contributed by atoms with Gasteiger partial charge in [-0.25, -0.2) is 0 Å². The lowest BCUT2D eigenvalue weighted by Crippen LogP contribution is -2.30. The number of hydrogen-bond acceptors (Lipinski definition) is 4. The zero-order chi connectivity index (χ0) is 16.7. The molecule has 2 rings (SSSR count). The van der Waals surface area contributed by atoms with E-state index < -0.39 is 0 Å². The standard InChI is InChI=1S/C18H23NO2S2/c1-13-6-7-14(2)17(11-13)21-8-10-22-15(3)18(20)19-12-16-5-4-9-23-16/h4-7,9,11,15H,8,10,12H2,1-3H3,(H,19,20). The molecule has 1 aromatic carbocycles. The van der Waals surface area contributed by atoms with Crippen LogP contribution in [0.25, 0.3) is 0 Å². The van der Waals surface area contributed by atoms with E-state index in [9.17, 15) is 4.79 Å². The van der Waals surface area contributed by atoms with Gasteiger partial charge >= 0.3 is 0 Å². The normalized spacial score (nSPS) is 12.0. The molecule has 124 valence electrons. The number of thioether (sulfide) groups is 1. The van der Waals surface area contributed by atoms with E-state index in [1.54, 1.807) is 23.1 Å². The number of rotatable bonds is 8. The number of hydrogen-bond donors (Lipinski definition) is 1. The maximum Gasteiger partial charge on any atom is 0.233 e. The predicted molar refractivity (Wildman–Crippen MR) is 99.5 cm³/mol. The molecule has 1 aromatic heterocycles. The maximum absolute atomic E-state index is 12.0. The Morgan fingerprint density at radius 3 is 2.91 bits per heavy atom. The zero-order valence-electron chi connectivity index (χ0n) is 13.8. The molecule has 1 atom stereocenters. The van der Waals surface area contributed by atoms with Crippen molar-refractivity contribution < 1.29 is 9.53 Å². The molecule has 0 saturated carbocycles. The molecular formula is C18H23NO2S2. The fourth-order valence-corrected chi connectivity index (χ4v) is 3.46. The summed E-state index contributed by atoms with van der Waals surface area (Å²) in [6.45, 7) is 7.26. The number of amides is 1. The van der Waals surface area contributed by atoms with Gasteiger partial charge in [0.2, 0.25) is 5.91 Å². The molecule has 0 aliphatic rings. The minimum atomic E-state index is -0.0721. The number of ether oxygens (including phenoxy) is 1. The summed E-state index contributed by atoms with van der Waals surface area (Å²) >= 11 is 3.27. The minimum absolute atomic E-state index is 0.0721. The van der Waals surface area contributed by atoms with Gasteiger partial charge in [0.15, 0.2) is 0 Å². The van der Waals surface area contributed by atoms with Crippen molar-refractivity contribution in [3.05, 3.63) is 51.7 Å². The maximum atomic E-state index is 12.0. The Hall–Kier alpha value is -1.46. The van der Waals surface area contributed by atoms with Crippen molar-refractivity contribution in [1.29, 1.82) is 0 Å². The SMILES string of the molecule is Cc1ccc(C)c(OCCSC(C)C(=O)NCc2cccs2)c1. The molecule has 0 aliphatic carbocycles. The van der Waals surface area contributed by atoms with E-state index in [4.69, 9.17) is 4.74 Å². The number of benzene rings is 1. The Kier molecular flexibility index (Phi) is 6.99. The van der Waals surface area contributed by atoms with E-state index in [1.165, 1.54) is 10.4 Å². The Labute approximate surface area is 146 Å². The quantitative estimate of drug-likeness (QED) is 0.727. The number of carbonyl (C=O) groups excluding carboxylic acids is 1. The summed E-state index contributed by atoms with van der Waals surface area (Å²) in [5.41, 5.74) is 2.34. The van der Waals surface area contributed by atoms with Crippen LogP contribution < -0.4 is 10.1 Å². The topological polar surface area (TPSA) is 38.3 Å². The first kappa shape index (κ1) is 17.9. The zero-order valence-corrected chi connectivity index (χ0v) is 15.4. The van der Waals surface area contributed by atoms with E-state index in [1.807, 2.05) is 31.4 Å². The molecule has 23 heavy (non-hydrogen) atoms. The molecule has 0 saturated heterocycles. The van der Waals surface area contributed by atoms with Crippen LogP contribution in [-0.2, 0) is 11.3 Å². The van der Waals surface area contributed by atoms with Crippen LogP contribution in [0.15, 0.2) is 35.7 Å². The van der Waals surface area contributed by atoms with Crippen molar-refractivity contribution in [1.82, 2.24) is 5.32 Å². The highest BCUT2D eigenvalue weighted by atomic mass is 32.2. The number of thiophene rings is 1. The highest BCUT2D eigenvalue weighted by Gasteiger charge is 2.13. The van der Waals surface area contributed by atoms with E-state index in [0.29, 0.717) is 13.2 Å². The van der Waals surface area contributed by atoms with Gasteiger partial charge in [-0.3, -0.25) is 4.79 Å². The molecular weight excluding hydrogens is 326 g/mol. The highest BCUT2D eigenvalue weighted by molar-refractivity contribution is 8.00. The Bertz CT molecular complexity index is 626. The van der Waals surface area contributed by atoms with Crippen molar-refractivity contribution in [2.24, 2.45) is 0 Å². The molecule has 0 fully saturated rings. The summed E-state index contributed by atoms with van der Waals surface area (Å²) in [5, 5.41) is 4.92.